The van der Waals surface area contributed by atoms with Crippen LogP contribution in [0.5, 0.6) is 0 Å². The number of carboxylic acids is 1. The van der Waals surface area contributed by atoms with Crippen LogP contribution in [-0.4, -0.2) is 69.2 Å². The first-order valence-corrected chi connectivity index (χ1v) is 9.22. The highest BCUT2D eigenvalue weighted by molar-refractivity contribution is 7.80. The van der Waals surface area contributed by atoms with Gasteiger partial charge in [0, 0.05) is 24.1 Å². The average molecular weight is 414 g/mol. The summed E-state index contributed by atoms with van der Waals surface area (Å²) >= 11 is 3.84. The number of nitrogens with two attached hydrogens (primary N) is 1. The van der Waals surface area contributed by atoms with E-state index in [0.717, 1.165) is 0 Å². The Hall–Kier alpha value is -2.60. The predicted molar refractivity (Wildman–Crippen MR) is 103 cm³/mol. The average Bonchev–Trinajstić information content (AvgIpc) is 3.15. The molecular weight excluding hydrogens is 388 g/mol. The second-order valence-electron chi connectivity index (χ2n) is 6.47. The molecule has 1 aromatic rings. The Morgan fingerprint density at radius 3 is 2.39 bits per heavy atom. The molecule has 0 aliphatic rings. The summed E-state index contributed by atoms with van der Waals surface area (Å²) < 4.78 is 0. The van der Waals surface area contributed by atoms with Gasteiger partial charge in [0.05, 0.1) is 18.9 Å². The van der Waals surface area contributed by atoms with Gasteiger partial charge in [0.25, 0.3) is 0 Å². The standard InChI is InChI=1S/C16H26N6O5S/c1-8(2)13(17)15(25)22-10(3-9-4-18-7-20-9)14(24)19-5-12(23)21-11(6-28)16(26)27/h4,7-8,10-11,13,28H,3,5-6,17H2,1-2H3,(H,18,20)(H,19,24)(H,21,23)(H,22,25)(H,26,27). The van der Waals surface area contributed by atoms with Crippen LogP contribution >= 0.6 is 12.6 Å². The third-order valence-corrected chi connectivity index (χ3v) is 4.24. The lowest BCUT2D eigenvalue weighted by Crippen LogP contribution is -2.55. The van der Waals surface area contributed by atoms with Crippen LogP contribution in [0.1, 0.15) is 19.5 Å². The lowest BCUT2D eigenvalue weighted by molar-refractivity contribution is -0.141. The molecule has 0 aromatic carbocycles. The minimum atomic E-state index is -1.23. The molecule has 11 nitrogen and oxygen atoms in total. The maximum atomic E-state index is 12.5. The Morgan fingerprint density at radius 1 is 1.21 bits per heavy atom. The van der Waals surface area contributed by atoms with Crippen molar-refractivity contribution in [3.05, 3.63) is 18.2 Å². The molecule has 0 saturated carbocycles. The number of H-pyrrole nitrogens is 1. The third-order valence-electron chi connectivity index (χ3n) is 3.87. The van der Waals surface area contributed by atoms with E-state index in [1.54, 1.807) is 13.8 Å². The van der Waals surface area contributed by atoms with E-state index in [9.17, 15) is 19.2 Å². The number of thiol groups is 1. The first-order valence-electron chi connectivity index (χ1n) is 8.59. The maximum Gasteiger partial charge on any atom is 0.327 e. The van der Waals surface area contributed by atoms with Gasteiger partial charge in [0.1, 0.15) is 12.1 Å². The summed E-state index contributed by atoms with van der Waals surface area (Å²) in [5.74, 6) is -3.27. The number of rotatable bonds is 11. The van der Waals surface area contributed by atoms with E-state index in [0.29, 0.717) is 5.69 Å². The molecule has 0 radical (unpaired) electrons. The zero-order valence-corrected chi connectivity index (χ0v) is 16.5. The van der Waals surface area contributed by atoms with Crippen molar-refractivity contribution in [3.63, 3.8) is 0 Å². The van der Waals surface area contributed by atoms with Gasteiger partial charge < -0.3 is 31.8 Å². The highest BCUT2D eigenvalue weighted by atomic mass is 32.1. The monoisotopic (exact) mass is 414 g/mol. The van der Waals surface area contributed by atoms with Gasteiger partial charge in [-0.2, -0.15) is 12.6 Å². The molecule has 0 aliphatic heterocycles. The highest BCUT2D eigenvalue weighted by Crippen LogP contribution is 2.03. The Balaban J connectivity index is 2.72. The van der Waals surface area contributed by atoms with E-state index in [-0.39, 0.29) is 18.1 Å². The molecule has 7 N–H and O–H groups in total. The van der Waals surface area contributed by atoms with Gasteiger partial charge in [0.15, 0.2) is 0 Å². The minimum Gasteiger partial charge on any atom is -0.480 e. The van der Waals surface area contributed by atoms with Crippen LogP contribution in [0.15, 0.2) is 12.5 Å². The van der Waals surface area contributed by atoms with Crippen molar-refractivity contribution in [1.29, 1.82) is 0 Å². The van der Waals surface area contributed by atoms with Gasteiger partial charge in [-0.15, -0.1) is 0 Å². The lowest BCUT2D eigenvalue weighted by atomic mass is 10.0. The normalized spacial score (nSPS) is 14.0. The summed E-state index contributed by atoms with van der Waals surface area (Å²) in [5.41, 5.74) is 6.41. The van der Waals surface area contributed by atoms with Crippen LogP contribution < -0.4 is 21.7 Å². The number of aliphatic carboxylic acids is 1. The number of nitrogens with one attached hydrogen (secondary N) is 4. The van der Waals surface area contributed by atoms with Crippen LogP contribution in [-0.2, 0) is 25.6 Å². The number of aromatic nitrogens is 2. The van der Waals surface area contributed by atoms with Crippen LogP contribution in [0, 0.1) is 5.92 Å². The Kier molecular flexibility index (Phi) is 9.45. The van der Waals surface area contributed by atoms with Gasteiger partial charge >= 0.3 is 5.97 Å². The second-order valence-corrected chi connectivity index (χ2v) is 6.84. The molecule has 1 rings (SSSR count). The van der Waals surface area contributed by atoms with Gasteiger partial charge in [-0.3, -0.25) is 14.4 Å². The number of carbonyl (C=O) groups excluding carboxylic acids is 3. The van der Waals surface area contributed by atoms with Crippen molar-refractivity contribution in [1.82, 2.24) is 25.9 Å². The predicted octanol–water partition coefficient (Wildman–Crippen LogP) is -1.96. The van der Waals surface area contributed by atoms with E-state index >= 15 is 0 Å². The van der Waals surface area contributed by atoms with Crippen molar-refractivity contribution < 1.29 is 24.3 Å². The number of imidazole rings is 1. The zero-order chi connectivity index (χ0) is 21.3. The number of carbonyl (C=O) groups is 4. The number of hydrogen-bond acceptors (Lipinski definition) is 7. The Bertz CT molecular complexity index is 681. The smallest absolute Gasteiger partial charge is 0.327 e. The summed E-state index contributed by atoms with van der Waals surface area (Å²) in [6.07, 6.45) is 3.05. The van der Waals surface area contributed by atoms with Gasteiger partial charge in [-0.05, 0) is 5.92 Å². The summed E-state index contributed by atoms with van der Waals surface area (Å²) in [5, 5.41) is 16.1. The van der Waals surface area contributed by atoms with Crippen molar-refractivity contribution in [3.8, 4) is 0 Å². The molecule has 3 atom stereocenters. The third kappa shape index (κ3) is 7.56. The molecule has 28 heavy (non-hydrogen) atoms. The number of nitrogens with zero attached hydrogens (tertiary/aromatic N) is 1. The SMILES string of the molecule is CC(C)C(N)C(=O)NC(Cc1cnc[nH]1)C(=O)NCC(=O)NC(CS)C(=O)O. The molecule has 3 amide bonds. The van der Waals surface area contributed by atoms with Crippen LogP contribution in [0.3, 0.4) is 0 Å². The van der Waals surface area contributed by atoms with Crippen molar-refractivity contribution in [2.45, 2.75) is 38.4 Å². The molecule has 12 heteroatoms. The van der Waals surface area contributed by atoms with Crippen molar-refractivity contribution in [2.24, 2.45) is 11.7 Å². The number of carboxylic acid groups (broad SMARTS) is 1. The fourth-order valence-corrected chi connectivity index (χ4v) is 2.37. The summed E-state index contributed by atoms with van der Waals surface area (Å²) in [6.45, 7) is 3.10. The van der Waals surface area contributed by atoms with Crippen LogP contribution in [0.4, 0.5) is 0 Å². The van der Waals surface area contributed by atoms with E-state index < -0.39 is 48.4 Å². The van der Waals surface area contributed by atoms with E-state index in [1.807, 2.05) is 0 Å². The minimum absolute atomic E-state index is 0.0966. The quantitative estimate of drug-likeness (QED) is 0.205. The molecule has 1 heterocycles. The molecule has 0 fully saturated rings. The highest BCUT2D eigenvalue weighted by Gasteiger charge is 2.26. The summed E-state index contributed by atoms with van der Waals surface area (Å²) in [4.78, 5) is 54.1. The number of amides is 3. The van der Waals surface area contributed by atoms with Crippen LogP contribution in [0.2, 0.25) is 0 Å². The molecule has 1 aromatic heterocycles. The van der Waals surface area contributed by atoms with E-state index in [1.165, 1.54) is 12.5 Å². The molecule has 0 bridgehead atoms. The molecule has 0 spiro atoms. The molecule has 0 aliphatic carbocycles. The topological polar surface area (TPSA) is 179 Å². The lowest BCUT2D eigenvalue weighted by Gasteiger charge is -2.22. The molecule has 3 unspecified atom stereocenters. The van der Waals surface area contributed by atoms with E-state index in [2.05, 4.69) is 38.5 Å². The number of aromatic amines is 1. The summed E-state index contributed by atoms with van der Waals surface area (Å²) in [7, 11) is 0. The van der Waals surface area contributed by atoms with Crippen molar-refractivity contribution >= 4 is 36.3 Å². The van der Waals surface area contributed by atoms with Gasteiger partial charge in [-0.25, -0.2) is 9.78 Å². The summed E-state index contributed by atoms with van der Waals surface area (Å²) in [6, 6.07) is -2.96. The molecule has 156 valence electrons. The maximum absolute atomic E-state index is 12.5. The number of hydrogen-bond donors (Lipinski definition) is 7. The fourth-order valence-electron chi connectivity index (χ4n) is 2.12. The van der Waals surface area contributed by atoms with Crippen molar-refractivity contribution in [2.75, 3.05) is 12.3 Å². The fraction of sp³-hybridized carbons (Fsp3) is 0.562. The first kappa shape index (κ1) is 23.4. The Labute approximate surface area is 167 Å². The van der Waals surface area contributed by atoms with Gasteiger partial charge in [0.2, 0.25) is 17.7 Å². The molecule has 0 saturated heterocycles. The largest absolute Gasteiger partial charge is 0.480 e. The Morgan fingerprint density at radius 2 is 1.89 bits per heavy atom. The van der Waals surface area contributed by atoms with E-state index in [4.69, 9.17) is 10.8 Å². The second kappa shape index (κ2) is 11.3. The van der Waals surface area contributed by atoms with Gasteiger partial charge in [-0.1, -0.05) is 13.8 Å². The van der Waals surface area contributed by atoms with Crippen LogP contribution in [0.25, 0.3) is 0 Å². The zero-order valence-electron chi connectivity index (χ0n) is 15.6. The first-order chi connectivity index (χ1) is 13.1. The molecular formula is C16H26N6O5S.